The van der Waals surface area contributed by atoms with Crippen LogP contribution in [-0.4, -0.2) is 71.6 Å². The van der Waals surface area contributed by atoms with Crippen LogP contribution in [0.25, 0.3) is 0 Å². The lowest BCUT2D eigenvalue weighted by Gasteiger charge is -2.52. The maximum Gasteiger partial charge on any atom is 0.313 e. The summed E-state index contributed by atoms with van der Waals surface area (Å²) < 4.78 is 1.43. The molecular weight excluding hydrogens is 340 g/mol. The first kappa shape index (κ1) is 16.1. The number of nitrogens with two attached hydrogens (primary N) is 1. The van der Waals surface area contributed by atoms with Gasteiger partial charge in [-0.2, -0.15) is 0 Å². The summed E-state index contributed by atoms with van der Waals surface area (Å²) in [5.74, 6) is 1.92. The molecule has 0 saturated carbocycles. The molecule has 0 aromatic carbocycles. The molecule has 2 saturated heterocycles. The van der Waals surface area contributed by atoms with Crippen LogP contribution in [0.4, 0.5) is 0 Å². The zero-order chi connectivity index (χ0) is 16.6. The van der Waals surface area contributed by atoms with E-state index in [4.69, 9.17) is 12.2 Å². The highest BCUT2D eigenvalue weighted by atomic mass is 32.2. The molecule has 3 N–H and O–H groups in total. The molecule has 3 heterocycles. The first-order valence-electron chi connectivity index (χ1n) is 6.72. The van der Waals surface area contributed by atoms with Crippen LogP contribution < -0.4 is 5.73 Å². The summed E-state index contributed by atoms with van der Waals surface area (Å²) in [6.45, 7) is 0.363. The van der Waals surface area contributed by atoms with Gasteiger partial charge in [-0.15, -0.1) is 23.3 Å². The molecule has 0 aliphatic carbocycles. The van der Waals surface area contributed by atoms with Gasteiger partial charge in [0.2, 0.25) is 11.1 Å². The molecule has 23 heavy (non-hydrogen) atoms. The zero-order valence-corrected chi connectivity index (χ0v) is 13.6. The van der Waals surface area contributed by atoms with Crippen molar-refractivity contribution in [2.75, 3.05) is 18.1 Å². The van der Waals surface area contributed by atoms with Gasteiger partial charge in [0.15, 0.2) is 0 Å². The lowest BCUT2D eigenvalue weighted by molar-refractivity contribution is -0.155. The van der Waals surface area contributed by atoms with Gasteiger partial charge in [-0.3, -0.25) is 9.59 Å². The molecule has 3 rings (SSSR count). The number of aromatic nitrogens is 4. The van der Waals surface area contributed by atoms with Crippen molar-refractivity contribution in [3.8, 4) is 12.3 Å². The van der Waals surface area contributed by atoms with Crippen LogP contribution in [0.5, 0.6) is 0 Å². The number of thioether (sulfide) groups is 2. The van der Waals surface area contributed by atoms with Gasteiger partial charge in [0.1, 0.15) is 23.4 Å². The molecule has 2 unspecified atom stereocenters. The number of carbonyl (C=O) groups excluding carboxylic acids is 1. The summed E-state index contributed by atoms with van der Waals surface area (Å²) in [5.41, 5.74) is 4.67. The molecular formula is C12H14N6O3S2. The van der Waals surface area contributed by atoms with E-state index in [2.05, 4.69) is 21.4 Å². The van der Waals surface area contributed by atoms with E-state index in [1.54, 1.807) is 0 Å². The number of carboxylic acid groups (broad SMARTS) is 1. The van der Waals surface area contributed by atoms with Crippen LogP contribution in [0.1, 0.15) is 0 Å². The highest BCUT2D eigenvalue weighted by Gasteiger charge is 2.55. The summed E-state index contributed by atoms with van der Waals surface area (Å²) in [6, 6.07) is -0.526. The van der Waals surface area contributed by atoms with Crippen LogP contribution in [-0.2, 0) is 16.1 Å². The molecule has 2 aliphatic heterocycles. The summed E-state index contributed by atoms with van der Waals surface area (Å²) >= 11 is 2.63. The average Bonchev–Trinajstić information content (AvgIpc) is 2.99. The van der Waals surface area contributed by atoms with Gasteiger partial charge in [-0.1, -0.05) is 17.7 Å². The third-order valence-corrected chi connectivity index (χ3v) is 6.71. The van der Waals surface area contributed by atoms with Crippen molar-refractivity contribution >= 4 is 35.4 Å². The van der Waals surface area contributed by atoms with Crippen LogP contribution in [0.15, 0.2) is 5.16 Å². The maximum absolute atomic E-state index is 11.8. The number of tetrazole rings is 1. The van der Waals surface area contributed by atoms with Gasteiger partial charge in [-0.05, 0) is 10.4 Å². The minimum absolute atomic E-state index is 0.119. The number of carbonyl (C=O) groups is 2. The van der Waals surface area contributed by atoms with Crippen LogP contribution in [0.2, 0.25) is 0 Å². The topological polar surface area (TPSA) is 127 Å². The first-order chi connectivity index (χ1) is 11.0. The Labute approximate surface area is 140 Å². The van der Waals surface area contributed by atoms with E-state index in [9.17, 15) is 14.7 Å². The Morgan fingerprint density at radius 1 is 1.65 bits per heavy atom. The standard InChI is InChI=1S/C12H14N6O3S2/c1-2-3-18-11(14-15-16-18)23-6-12(10(20)21)4-17-8(19)7(13)9(17)22-5-12/h1,7,9H,3-6,13H2,(H,20,21)/t7?,9-,12?/m1/s1. The number of rotatable bonds is 5. The maximum atomic E-state index is 11.8. The number of hydrogen-bond donors (Lipinski definition) is 2. The van der Waals surface area contributed by atoms with Crippen molar-refractivity contribution in [2.45, 2.75) is 23.1 Å². The lowest BCUT2D eigenvalue weighted by Crippen LogP contribution is -2.72. The minimum Gasteiger partial charge on any atom is -0.481 e. The molecule has 2 fully saturated rings. The lowest BCUT2D eigenvalue weighted by atomic mass is 9.89. The number of fused-ring (bicyclic) bond motifs is 1. The van der Waals surface area contributed by atoms with Crippen molar-refractivity contribution in [1.29, 1.82) is 0 Å². The summed E-state index contributed by atoms with van der Waals surface area (Å²) in [6.07, 6.45) is 5.24. The van der Waals surface area contributed by atoms with E-state index in [1.807, 2.05) is 0 Å². The smallest absolute Gasteiger partial charge is 0.313 e. The molecule has 0 spiro atoms. The molecule has 3 atom stereocenters. The molecule has 1 aromatic heterocycles. The Morgan fingerprint density at radius 2 is 2.43 bits per heavy atom. The number of hydrogen-bond acceptors (Lipinski definition) is 8. The van der Waals surface area contributed by atoms with Gasteiger partial charge in [0.25, 0.3) is 0 Å². The van der Waals surface area contributed by atoms with Crippen LogP contribution in [0, 0.1) is 17.8 Å². The Balaban J connectivity index is 1.73. The number of nitrogens with zero attached hydrogens (tertiary/aromatic N) is 5. The fourth-order valence-corrected chi connectivity index (χ4v) is 5.18. The van der Waals surface area contributed by atoms with Crippen molar-refractivity contribution in [3.05, 3.63) is 0 Å². The summed E-state index contributed by atoms with van der Waals surface area (Å²) in [4.78, 5) is 25.2. The normalized spacial score (nSPS) is 29.6. The van der Waals surface area contributed by atoms with Gasteiger partial charge in [0.05, 0.1) is 0 Å². The van der Waals surface area contributed by atoms with Gasteiger partial charge in [0, 0.05) is 18.1 Å². The summed E-state index contributed by atoms with van der Waals surface area (Å²) in [5, 5.41) is 21.2. The van der Waals surface area contributed by atoms with Crippen LogP contribution in [0.3, 0.4) is 0 Å². The second-order valence-electron chi connectivity index (χ2n) is 5.39. The number of amides is 1. The van der Waals surface area contributed by atoms with Crippen molar-refractivity contribution < 1.29 is 14.7 Å². The number of carboxylic acids is 1. The van der Waals surface area contributed by atoms with Crippen LogP contribution >= 0.6 is 23.5 Å². The predicted molar refractivity (Wildman–Crippen MR) is 83.4 cm³/mol. The molecule has 0 radical (unpaired) electrons. The number of terminal acetylenes is 1. The molecule has 1 amide bonds. The second-order valence-corrected chi connectivity index (χ2v) is 7.44. The Hall–Kier alpha value is -1.77. The highest BCUT2D eigenvalue weighted by molar-refractivity contribution is 8.00. The molecule has 2 aliphatic rings. The molecule has 0 bridgehead atoms. The van der Waals surface area contributed by atoms with Gasteiger partial charge in [-0.25, -0.2) is 4.68 Å². The van der Waals surface area contributed by atoms with E-state index in [0.29, 0.717) is 10.9 Å². The zero-order valence-electron chi connectivity index (χ0n) is 12.0. The Bertz CT molecular complexity index is 689. The first-order valence-corrected chi connectivity index (χ1v) is 8.75. The predicted octanol–water partition coefficient (Wildman–Crippen LogP) is -1.29. The fraction of sp³-hybridized carbons (Fsp3) is 0.583. The Kier molecular flexibility index (Phi) is 4.22. The Morgan fingerprint density at radius 3 is 3.13 bits per heavy atom. The van der Waals surface area contributed by atoms with Gasteiger partial charge < -0.3 is 15.7 Å². The largest absolute Gasteiger partial charge is 0.481 e. The summed E-state index contributed by atoms with van der Waals surface area (Å²) in [7, 11) is 0. The third-order valence-electron chi connectivity index (χ3n) is 3.86. The quantitative estimate of drug-likeness (QED) is 0.377. The van der Waals surface area contributed by atoms with E-state index in [1.165, 1.54) is 33.1 Å². The number of aliphatic carboxylic acids is 1. The highest BCUT2D eigenvalue weighted by Crippen LogP contribution is 2.43. The third kappa shape index (κ3) is 2.66. The average molecular weight is 354 g/mol. The number of β-lactam (4-membered cyclic amide) rings is 1. The monoisotopic (exact) mass is 354 g/mol. The van der Waals surface area contributed by atoms with Crippen molar-refractivity contribution in [3.63, 3.8) is 0 Å². The second kappa shape index (κ2) is 6.03. The molecule has 9 nitrogen and oxygen atoms in total. The molecule has 122 valence electrons. The van der Waals surface area contributed by atoms with Crippen molar-refractivity contribution in [1.82, 2.24) is 25.1 Å². The SMILES string of the molecule is C#CCn1nnnc1SCC1(C(=O)O)CS[C@@H]2C(N)C(=O)N2C1. The fourth-order valence-electron chi connectivity index (χ4n) is 2.50. The van der Waals surface area contributed by atoms with Crippen molar-refractivity contribution in [2.24, 2.45) is 11.1 Å². The molecule has 1 aromatic rings. The minimum atomic E-state index is -1.06. The van der Waals surface area contributed by atoms with E-state index < -0.39 is 17.4 Å². The van der Waals surface area contributed by atoms with Gasteiger partial charge >= 0.3 is 5.97 Å². The molecule has 11 heteroatoms. The van der Waals surface area contributed by atoms with E-state index in [-0.39, 0.29) is 30.1 Å². The van der Waals surface area contributed by atoms with E-state index in [0.717, 1.165) is 0 Å². The van der Waals surface area contributed by atoms with E-state index >= 15 is 0 Å².